The Hall–Kier alpha value is -1.22. The predicted molar refractivity (Wildman–Crippen MR) is 106 cm³/mol. The molecule has 7 heteroatoms. The van der Waals surface area contributed by atoms with Crippen LogP contribution in [0, 0.1) is 0 Å². The van der Waals surface area contributed by atoms with Gasteiger partial charge in [0.25, 0.3) is 0 Å². The van der Waals surface area contributed by atoms with Crippen LogP contribution < -0.4 is 20.1 Å². The lowest BCUT2D eigenvalue weighted by atomic mass is 10.2. The summed E-state index contributed by atoms with van der Waals surface area (Å²) in [5.74, 6) is 2.14. The Bertz CT molecular complexity index is 470. The summed E-state index contributed by atoms with van der Waals surface area (Å²) in [7, 11) is 1.63. The molecule has 0 saturated carbocycles. The van der Waals surface area contributed by atoms with Gasteiger partial charge in [0.1, 0.15) is 0 Å². The predicted octanol–water partition coefficient (Wildman–Crippen LogP) is 3.13. The van der Waals surface area contributed by atoms with Crippen molar-refractivity contribution < 1.29 is 14.2 Å². The molecule has 132 valence electrons. The van der Waals surface area contributed by atoms with Crippen LogP contribution in [0.3, 0.4) is 0 Å². The molecule has 0 atom stereocenters. The fourth-order valence-electron chi connectivity index (χ4n) is 1.83. The highest BCUT2D eigenvalue weighted by Crippen LogP contribution is 2.30. The number of hydrogen-bond acceptors (Lipinski definition) is 4. The maximum Gasteiger partial charge on any atom is 0.195 e. The van der Waals surface area contributed by atoms with Crippen LogP contribution >= 0.6 is 24.0 Å². The summed E-state index contributed by atoms with van der Waals surface area (Å²) >= 11 is 0. The van der Waals surface area contributed by atoms with E-state index in [2.05, 4.69) is 15.6 Å². The Morgan fingerprint density at radius 3 is 2.52 bits per heavy atom. The van der Waals surface area contributed by atoms with Crippen LogP contribution in [0.25, 0.3) is 0 Å². The topological polar surface area (TPSA) is 64.1 Å². The van der Waals surface area contributed by atoms with Crippen LogP contribution in [0.2, 0.25) is 0 Å². The zero-order valence-electron chi connectivity index (χ0n) is 14.3. The maximum absolute atomic E-state index is 5.58. The van der Waals surface area contributed by atoms with Gasteiger partial charge < -0.3 is 24.8 Å². The number of benzene rings is 1. The van der Waals surface area contributed by atoms with Crippen LogP contribution in [0.1, 0.15) is 20.8 Å². The third-order valence-electron chi connectivity index (χ3n) is 2.78. The fourth-order valence-corrected chi connectivity index (χ4v) is 1.83. The standard InChI is InChI=1S/C16H27N3O3.HI/c1-5-17-16(18-10-11-21-6-2)19-13-8-9-14(20-4)15(12-13)22-7-3;/h8-9,12H,5-7,10-11H2,1-4H3,(H2,17,18,19);1H. The molecule has 1 aromatic carbocycles. The van der Waals surface area contributed by atoms with Crippen molar-refractivity contribution in [3.8, 4) is 11.5 Å². The zero-order valence-corrected chi connectivity index (χ0v) is 16.7. The summed E-state index contributed by atoms with van der Waals surface area (Å²) in [4.78, 5) is 4.46. The van der Waals surface area contributed by atoms with E-state index in [0.717, 1.165) is 18.2 Å². The molecule has 0 aliphatic rings. The number of methoxy groups -OCH3 is 1. The molecule has 1 aromatic rings. The summed E-state index contributed by atoms with van der Waals surface area (Å²) in [6.45, 7) is 9.24. The molecule has 0 aliphatic carbocycles. The van der Waals surface area contributed by atoms with E-state index >= 15 is 0 Å². The molecule has 0 spiro atoms. The van der Waals surface area contributed by atoms with Gasteiger partial charge >= 0.3 is 0 Å². The molecule has 0 fully saturated rings. The quantitative estimate of drug-likeness (QED) is 0.269. The zero-order chi connectivity index (χ0) is 16.2. The lowest BCUT2D eigenvalue weighted by molar-refractivity contribution is 0.156. The lowest BCUT2D eigenvalue weighted by Crippen LogP contribution is -2.31. The van der Waals surface area contributed by atoms with E-state index in [1.807, 2.05) is 39.0 Å². The summed E-state index contributed by atoms with van der Waals surface area (Å²) in [6, 6.07) is 5.70. The van der Waals surface area contributed by atoms with E-state index in [9.17, 15) is 0 Å². The Morgan fingerprint density at radius 2 is 1.91 bits per heavy atom. The number of hydrogen-bond donors (Lipinski definition) is 2. The molecular formula is C16H28IN3O3. The summed E-state index contributed by atoms with van der Waals surface area (Å²) < 4.78 is 16.2. The number of anilines is 1. The van der Waals surface area contributed by atoms with Crippen LogP contribution in [-0.2, 0) is 4.74 Å². The maximum atomic E-state index is 5.58. The fraction of sp³-hybridized carbons (Fsp3) is 0.562. The molecule has 23 heavy (non-hydrogen) atoms. The van der Waals surface area contributed by atoms with Gasteiger partial charge in [0, 0.05) is 24.9 Å². The first kappa shape index (κ1) is 21.8. The number of nitrogens with one attached hydrogen (secondary N) is 2. The second-order valence-corrected chi connectivity index (χ2v) is 4.38. The van der Waals surface area contributed by atoms with Gasteiger partial charge in [-0.25, -0.2) is 0 Å². The molecule has 0 heterocycles. The smallest absolute Gasteiger partial charge is 0.195 e. The Labute approximate surface area is 156 Å². The van der Waals surface area contributed by atoms with Crippen molar-refractivity contribution in [2.75, 3.05) is 45.3 Å². The first-order valence-corrected chi connectivity index (χ1v) is 7.69. The minimum Gasteiger partial charge on any atom is -0.493 e. The number of halogens is 1. The average Bonchev–Trinajstić information content (AvgIpc) is 2.52. The average molecular weight is 437 g/mol. The van der Waals surface area contributed by atoms with Crippen molar-refractivity contribution in [2.45, 2.75) is 20.8 Å². The number of ether oxygens (including phenoxy) is 3. The number of nitrogens with zero attached hydrogens (tertiary/aromatic N) is 1. The van der Waals surface area contributed by atoms with Crippen molar-refractivity contribution >= 4 is 35.6 Å². The van der Waals surface area contributed by atoms with Gasteiger partial charge in [-0.3, -0.25) is 4.99 Å². The van der Waals surface area contributed by atoms with Crippen molar-refractivity contribution in [2.24, 2.45) is 4.99 Å². The molecule has 2 N–H and O–H groups in total. The highest BCUT2D eigenvalue weighted by Gasteiger charge is 2.06. The third kappa shape index (κ3) is 8.26. The van der Waals surface area contributed by atoms with E-state index in [1.54, 1.807) is 7.11 Å². The van der Waals surface area contributed by atoms with Gasteiger partial charge in [0.15, 0.2) is 17.5 Å². The van der Waals surface area contributed by atoms with Crippen molar-refractivity contribution in [3.63, 3.8) is 0 Å². The Kier molecular flexibility index (Phi) is 12.5. The molecule has 0 saturated heterocycles. The molecule has 0 amide bonds. The summed E-state index contributed by atoms with van der Waals surface area (Å²) in [6.07, 6.45) is 0. The van der Waals surface area contributed by atoms with E-state index in [4.69, 9.17) is 14.2 Å². The minimum atomic E-state index is 0. The van der Waals surface area contributed by atoms with Gasteiger partial charge in [-0.1, -0.05) is 0 Å². The molecule has 0 radical (unpaired) electrons. The first-order chi connectivity index (χ1) is 10.7. The second kappa shape index (κ2) is 13.2. The van der Waals surface area contributed by atoms with E-state index in [-0.39, 0.29) is 24.0 Å². The number of guanidine groups is 1. The highest BCUT2D eigenvalue weighted by atomic mass is 127. The van der Waals surface area contributed by atoms with E-state index < -0.39 is 0 Å². The van der Waals surface area contributed by atoms with E-state index in [1.165, 1.54) is 0 Å². The Balaban J connectivity index is 0.00000484. The van der Waals surface area contributed by atoms with Gasteiger partial charge in [0.2, 0.25) is 0 Å². The molecule has 0 bridgehead atoms. The summed E-state index contributed by atoms with van der Waals surface area (Å²) in [5.41, 5.74) is 0.889. The minimum absolute atomic E-state index is 0. The first-order valence-electron chi connectivity index (χ1n) is 7.69. The van der Waals surface area contributed by atoms with Gasteiger partial charge in [0.05, 0.1) is 26.9 Å². The van der Waals surface area contributed by atoms with Gasteiger partial charge in [-0.15, -0.1) is 24.0 Å². The monoisotopic (exact) mass is 437 g/mol. The molecular weight excluding hydrogens is 409 g/mol. The van der Waals surface area contributed by atoms with Crippen molar-refractivity contribution in [1.82, 2.24) is 5.32 Å². The normalized spacial score (nSPS) is 10.7. The van der Waals surface area contributed by atoms with E-state index in [0.29, 0.717) is 37.9 Å². The largest absolute Gasteiger partial charge is 0.493 e. The molecule has 0 unspecified atom stereocenters. The Morgan fingerprint density at radius 1 is 1.13 bits per heavy atom. The molecule has 1 rings (SSSR count). The molecule has 0 aromatic heterocycles. The van der Waals surface area contributed by atoms with Crippen LogP contribution in [-0.4, -0.2) is 46.0 Å². The number of aliphatic imine (C=N–C) groups is 1. The van der Waals surface area contributed by atoms with Gasteiger partial charge in [-0.2, -0.15) is 0 Å². The van der Waals surface area contributed by atoms with Crippen molar-refractivity contribution in [3.05, 3.63) is 18.2 Å². The summed E-state index contributed by atoms with van der Waals surface area (Å²) in [5, 5.41) is 6.45. The van der Waals surface area contributed by atoms with Gasteiger partial charge in [-0.05, 0) is 32.9 Å². The second-order valence-electron chi connectivity index (χ2n) is 4.38. The highest BCUT2D eigenvalue weighted by molar-refractivity contribution is 14.0. The lowest BCUT2D eigenvalue weighted by Gasteiger charge is -2.14. The number of rotatable bonds is 9. The van der Waals surface area contributed by atoms with Crippen molar-refractivity contribution in [1.29, 1.82) is 0 Å². The molecule has 0 aliphatic heterocycles. The SMILES string of the molecule is CCNC(=NCCOCC)Nc1ccc(OC)c(OCC)c1.I. The van der Waals surface area contributed by atoms with Crippen LogP contribution in [0.4, 0.5) is 5.69 Å². The van der Waals surface area contributed by atoms with Crippen LogP contribution in [0.5, 0.6) is 11.5 Å². The molecule has 6 nitrogen and oxygen atoms in total. The third-order valence-corrected chi connectivity index (χ3v) is 2.78. The van der Waals surface area contributed by atoms with Crippen LogP contribution in [0.15, 0.2) is 23.2 Å².